The van der Waals surface area contributed by atoms with Crippen molar-refractivity contribution in [2.45, 2.75) is 49.9 Å². The Bertz CT molecular complexity index is 1070. The molecule has 3 rings (SSSR count). The molecule has 144 valence electrons. The molecule has 0 aliphatic carbocycles. The Hall–Kier alpha value is -2.36. The van der Waals surface area contributed by atoms with E-state index in [0.717, 1.165) is 26.1 Å². The van der Waals surface area contributed by atoms with E-state index in [1.807, 2.05) is 71.1 Å². The van der Waals surface area contributed by atoms with Gasteiger partial charge in [0.25, 0.3) is 0 Å². The number of rotatable bonds is 4. The van der Waals surface area contributed by atoms with E-state index in [4.69, 9.17) is 11.3 Å². The van der Waals surface area contributed by atoms with E-state index in [0.29, 0.717) is 5.69 Å². The first kappa shape index (κ1) is 20.4. The zero-order chi connectivity index (χ0) is 20.5. The minimum Gasteiger partial charge on any atom is -0.459 e. The van der Waals surface area contributed by atoms with E-state index in [2.05, 4.69) is 9.22 Å². The van der Waals surface area contributed by atoms with Gasteiger partial charge < -0.3 is 4.74 Å². The summed E-state index contributed by atoms with van der Waals surface area (Å²) in [7, 11) is 0. The van der Waals surface area contributed by atoms with Crippen LogP contribution in [0.4, 0.5) is 5.69 Å². The molecule has 0 bridgehead atoms. The highest BCUT2D eigenvalue weighted by atomic mass is 32.2. The molecule has 0 saturated heterocycles. The maximum absolute atomic E-state index is 12.8. The van der Waals surface area contributed by atoms with Crippen molar-refractivity contribution in [1.82, 2.24) is 4.37 Å². The zero-order valence-corrected chi connectivity index (χ0v) is 18.2. The second kappa shape index (κ2) is 7.57. The molecule has 0 fully saturated rings. The largest absolute Gasteiger partial charge is 0.459 e. The summed E-state index contributed by atoms with van der Waals surface area (Å²) in [5.74, 6) is -0.254. The van der Waals surface area contributed by atoms with Gasteiger partial charge >= 0.3 is 5.97 Å². The smallest absolute Gasteiger partial charge is 0.322 e. The van der Waals surface area contributed by atoms with E-state index in [1.54, 1.807) is 6.07 Å². The highest BCUT2D eigenvalue weighted by Gasteiger charge is 2.34. The minimum atomic E-state index is -0.766. The Labute approximate surface area is 173 Å². The fraction of sp³-hybridized carbons (Fsp3) is 0.318. The molecule has 6 heteroatoms. The molecule has 3 aromatic rings. The first-order valence-electron chi connectivity index (χ1n) is 8.88. The van der Waals surface area contributed by atoms with Crippen LogP contribution in [-0.2, 0) is 9.53 Å². The van der Waals surface area contributed by atoms with Crippen molar-refractivity contribution < 1.29 is 9.53 Å². The Morgan fingerprint density at radius 2 is 1.93 bits per heavy atom. The van der Waals surface area contributed by atoms with Gasteiger partial charge in [-0.3, -0.25) is 4.79 Å². The Kier molecular flexibility index (Phi) is 5.51. The zero-order valence-electron chi connectivity index (χ0n) is 16.6. The fourth-order valence-electron chi connectivity index (χ4n) is 2.72. The van der Waals surface area contributed by atoms with Gasteiger partial charge in [0.1, 0.15) is 10.3 Å². The first-order chi connectivity index (χ1) is 13.1. The summed E-state index contributed by atoms with van der Waals surface area (Å²) < 4.78 is 10.2. The van der Waals surface area contributed by atoms with Crippen LogP contribution in [-0.4, -0.2) is 20.7 Å². The second-order valence-corrected chi connectivity index (χ2v) is 10.4. The molecule has 0 radical (unpaired) electrons. The summed E-state index contributed by atoms with van der Waals surface area (Å²) >= 11 is 2.90. The lowest BCUT2D eigenvalue weighted by Gasteiger charge is -2.28. The highest BCUT2D eigenvalue weighted by Crippen LogP contribution is 2.44. The molecule has 1 heterocycles. The summed E-state index contributed by atoms with van der Waals surface area (Å²) in [4.78, 5) is 17.3. The van der Waals surface area contributed by atoms with Crippen LogP contribution in [0.2, 0.25) is 0 Å². The van der Waals surface area contributed by atoms with E-state index in [1.165, 1.54) is 23.3 Å². The standard InChI is InChI=1S/C22H22N2O2S2/c1-21(2,3)26-20(25)22(4,5)27-17-11-10-15-13-24-28-19(15)18(17)14-8-7-9-16(12-14)23-6/h7-13H,1-5H3. The summed E-state index contributed by atoms with van der Waals surface area (Å²) in [6.45, 7) is 16.7. The molecule has 0 aliphatic rings. The van der Waals surface area contributed by atoms with E-state index in [-0.39, 0.29) is 5.97 Å². The van der Waals surface area contributed by atoms with Crippen LogP contribution in [0.1, 0.15) is 34.6 Å². The fourth-order valence-corrected chi connectivity index (χ4v) is 4.74. The van der Waals surface area contributed by atoms with Crippen molar-refractivity contribution >= 4 is 45.0 Å². The molecule has 2 aromatic carbocycles. The molecule has 0 atom stereocenters. The lowest BCUT2D eigenvalue weighted by atomic mass is 10.0. The molecule has 1 aromatic heterocycles. The van der Waals surface area contributed by atoms with Gasteiger partial charge in [0.2, 0.25) is 0 Å². The van der Waals surface area contributed by atoms with Crippen LogP contribution in [0.25, 0.3) is 26.1 Å². The average Bonchev–Trinajstić information content (AvgIpc) is 3.08. The molecule has 0 unspecified atom stereocenters. The Balaban J connectivity index is 2.09. The van der Waals surface area contributed by atoms with Crippen molar-refractivity contribution in [3.63, 3.8) is 0 Å². The molecule has 28 heavy (non-hydrogen) atoms. The summed E-state index contributed by atoms with van der Waals surface area (Å²) in [5.41, 5.74) is 2.00. The number of ether oxygens (including phenoxy) is 1. The third-order valence-corrected chi connectivity index (χ3v) is 6.08. The van der Waals surface area contributed by atoms with Crippen molar-refractivity contribution in [1.29, 1.82) is 0 Å². The van der Waals surface area contributed by atoms with Gasteiger partial charge in [-0.15, -0.1) is 11.8 Å². The van der Waals surface area contributed by atoms with Gasteiger partial charge in [0, 0.05) is 22.0 Å². The van der Waals surface area contributed by atoms with Crippen LogP contribution in [0.15, 0.2) is 47.5 Å². The average molecular weight is 411 g/mol. The minimum absolute atomic E-state index is 0.254. The van der Waals surface area contributed by atoms with Gasteiger partial charge in [-0.2, -0.15) is 4.37 Å². The summed E-state index contributed by atoms with van der Waals surface area (Å²) in [6, 6.07) is 11.6. The third-order valence-electron chi connectivity index (χ3n) is 4.01. The van der Waals surface area contributed by atoms with Gasteiger partial charge in [0.15, 0.2) is 5.69 Å². The number of benzene rings is 2. The van der Waals surface area contributed by atoms with Crippen LogP contribution in [0.3, 0.4) is 0 Å². The number of fused-ring (bicyclic) bond motifs is 1. The van der Waals surface area contributed by atoms with Crippen LogP contribution in [0.5, 0.6) is 0 Å². The number of esters is 1. The summed E-state index contributed by atoms with van der Waals surface area (Å²) in [5, 5.41) is 1.05. The number of hydrogen-bond acceptors (Lipinski definition) is 5. The maximum atomic E-state index is 12.8. The molecule has 0 saturated carbocycles. The van der Waals surface area contributed by atoms with Crippen LogP contribution < -0.4 is 0 Å². The summed E-state index contributed by atoms with van der Waals surface area (Å²) in [6.07, 6.45) is 1.84. The van der Waals surface area contributed by atoms with Gasteiger partial charge in [-0.25, -0.2) is 4.85 Å². The van der Waals surface area contributed by atoms with Crippen molar-refractivity contribution in [2.75, 3.05) is 0 Å². The maximum Gasteiger partial charge on any atom is 0.322 e. The second-order valence-electron chi connectivity index (χ2n) is 7.96. The predicted molar refractivity (Wildman–Crippen MR) is 117 cm³/mol. The third kappa shape index (κ3) is 4.37. The monoisotopic (exact) mass is 410 g/mol. The predicted octanol–water partition coefficient (Wildman–Crippen LogP) is 6.73. The van der Waals surface area contributed by atoms with Crippen LogP contribution >= 0.6 is 23.3 Å². The molecule has 4 nitrogen and oxygen atoms in total. The van der Waals surface area contributed by atoms with Gasteiger partial charge in [-0.05, 0) is 63.8 Å². The SMILES string of the molecule is [C-]#[N+]c1cccc(-c2c(SC(C)(C)C(=O)OC(C)(C)C)ccc3cnsc23)c1. The topological polar surface area (TPSA) is 43.5 Å². The molecule has 0 amide bonds. The molecular formula is C22H22N2O2S2. The van der Waals surface area contributed by atoms with Crippen molar-refractivity contribution in [2.24, 2.45) is 0 Å². The molecule has 0 spiro atoms. The highest BCUT2D eigenvalue weighted by molar-refractivity contribution is 8.01. The quantitative estimate of drug-likeness (QED) is 0.272. The number of carbonyl (C=O) groups is 1. The van der Waals surface area contributed by atoms with Gasteiger partial charge in [0.05, 0.1) is 11.3 Å². The van der Waals surface area contributed by atoms with Gasteiger partial charge in [-0.1, -0.05) is 24.3 Å². The van der Waals surface area contributed by atoms with Crippen LogP contribution in [0, 0.1) is 6.57 Å². The molecule has 0 aliphatic heterocycles. The van der Waals surface area contributed by atoms with E-state index < -0.39 is 10.3 Å². The van der Waals surface area contributed by atoms with E-state index in [9.17, 15) is 4.79 Å². The number of hydrogen-bond donors (Lipinski definition) is 0. The number of nitrogens with zero attached hydrogens (tertiary/aromatic N) is 2. The lowest BCUT2D eigenvalue weighted by Crippen LogP contribution is -2.36. The van der Waals surface area contributed by atoms with Crippen molar-refractivity contribution in [3.05, 3.63) is 54.0 Å². The number of aromatic nitrogens is 1. The molecule has 0 N–H and O–H groups in total. The Morgan fingerprint density at radius 1 is 1.18 bits per heavy atom. The molecular weight excluding hydrogens is 388 g/mol. The Morgan fingerprint density at radius 3 is 2.61 bits per heavy atom. The van der Waals surface area contributed by atoms with Crippen molar-refractivity contribution in [3.8, 4) is 11.1 Å². The van der Waals surface area contributed by atoms with E-state index >= 15 is 0 Å². The normalized spacial score (nSPS) is 12.0. The number of carbonyl (C=O) groups excluding carboxylic acids is 1. The lowest BCUT2D eigenvalue weighted by molar-refractivity contribution is -0.156. The first-order valence-corrected chi connectivity index (χ1v) is 10.5. The number of thioether (sulfide) groups is 1.